The number of aliphatic hydroxyl groups excluding tert-OH is 1. The lowest BCUT2D eigenvalue weighted by molar-refractivity contribution is 0.269. The van der Waals surface area contributed by atoms with Gasteiger partial charge in [0.05, 0.1) is 41.8 Å². The molecule has 3 N–H and O–H groups in total. The summed E-state index contributed by atoms with van der Waals surface area (Å²) in [6, 6.07) is 10.2. The molecule has 0 atom stereocenters. The number of H-pyrrole nitrogens is 1. The number of hydrogen-bond donors (Lipinski definition) is 3. The highest BCUT2D eigenvalue weighted by Crippen LogP contribution is 2.22. The van der Waals surface area contributed by atoms with E-state index in [1.807, 2.05) is 31.3 Å². The molecule has 0 unspecified atom stereocenters. The lowest BCUT2D eigenvalue weighted by atomic mass is 10.1. The van der Waals surface area contributed by atoms with Crippen LogP contribution in [0.1, 0.15) is 17.0 Å². The first kappa shape index (κ1) is 16.2. The Morgan fingerprint density at radius 1 is 1.19 bits per heavy atom. The second-order valence-electron chi connectivity index (χ2n) is 6.03. The number of benzene rings is 1. The zero-order valence-electron chi connectivity index (χ0n) is 14.3. The molecule has 0 aliphatic rings. The number of aliphatic hydroxyl groups is 1. The van der Waals surface area contributed by atoms with Gasteiger partial charge in [-0.2, -0.15) is 15.2 Å². The van der Waals surface area contributed by atoms with Crippen LogP contribution in [0, 0.1) is 6.92 Å². The molecule has 1 aromatic carbocycles. The molecule has 3 heterocycles. The van der Waals surface area contributed by atoms with Gasteiger partial charge in [0.1, 0.15) is 0 Å². The van der Waals surface area contributed by atoms with Crippen molar-refractivity contribution in [2.45, 2.75) is 19.9 Å². The van der Waals surface area contributed by atoms with Gasteiger partial charge in [-0.3, -0.25) is 9.78 Å². The molecule has 4 aromatic rings. The fourth-order valence-electron chi connectivity index (χ4n) is 2.85. The van der Waals surface area contributed by atoms with E-state index in [1.165, 1.54) is 5.56 Å². The minimum Gasteiger partial charge on any atom is -0.394 e. The Kier molecular flexibility index (Phi) is 4.32. The number of nitrogens with zero attached hydrogens (tertiary/aromatic N) is 5. The molecule has 4 rings (SSSR count). The standard InChI is InChI=1S/C18H19N7O/c1-12-16(11-25(24-12)7-8-26)21-18-20-15(9-13-5-3-2-4-6-13)14-10-19-23-17(14)22-18/h2-6,10-11,26H,7-9H2,1H3,(H2,19,20,21,22,23). The number of hydrogen-bond acceptors (Lipinski definition) is 6. The van der Waals surface area contributed by atoms with Crippen molar-refractivity contribution in [3.63, 3.8) is 0 Å². The molecule has 26 heavy (non-hydrogen) atoms. The lowest BCUT2D eigenvalue weighted by Crippen LogP contribution is -2.03. The topological polar surface area (TPSA) is 105 Å². The molecule has 0 saturated carbocycles. The molecule has 0 aliphatic heterocycles. The lowest BCUT2D eigenvalue weighted by Gasteiger charge is -2.07. The summed E-state index contributed by atoms with van der Waals surface area (Å²) >= 11 is 0. The minimum atomic E-state index is 0.0401. The molecular formula is C18H19N7O. The highest BCUT2D eigenvalue weighted by Gasteiger charge is 2.12. The van der Waals surface area contributed by atoms with E-state index in [2.05, 4.69) is 37.7 Å². The molecule has 0 fully saturated rings. The Labute approximate surface area is 149 Å². The van der Waals surface area contributed by atoms with E-state index in [1.54, 1.807) is 10.9 Å². The predicted molar refractivity (Wildman–Crippen MR) is 98.3 cm³/mol. The van der Waals surface area contributed by atoms with E-state index in [9.17, 15) is 0 Å². The van der Waals surface area contributed by atoms with E-state index >= 15 is 0 Å². The molecule has 0 radical (unpaired) electrons. The summed E-state index contributed by atoms with van der Waals surface area (Å²) < 4.78 is 1.69. The van der Waals surface area contributed by atoms with E-state index in [0.717, 1.165) is 22.5 Å². The monoisotopic (exact) mass is 349 g/mol. The smallest absolute Gasteiger partial charge is 0.229 e. The number of fused-ring (bicyclic) bond motifs is 1. The zero-order chi connectivity index (χ0) is 17.9. The van der Waals surface area contributed by atoms with Crippen molar-refractivity contribution in [3.8, 4) is 0 Å². The van der Waals surface area contributed by atoms with Gasteiger partial charge in [0.15, 0.2) is 5.65 Å². The average molecular weight is 349 g/mol. The highest BCUT2D eigenvalue weighted by atomic mass is 16.3. The van der Waals surface area contributed by atoms with Crippen LogP contribution in [0.5, 0.6) is 0 Å². The maximum Gasteiger partial charge on any atom is 0.229 e. The fraction of sp³-hybridized carbons (Fsp3) is 0.222. The van der Waals surface area contributed by atoms with Crippen molar-refractivity contribution >= 4 is 22.7 Å². The number of anilines is 2. The van der Waals surface area contributed by atoms with Crippen molar-refractivity contribution < 1.29 is 5.11 Å². The number of aromatic nitrogens is 6. The Morgan fingerprint density at radius 3 is 2.85 bits per heavy atom. The molecule has 8 nitrogen and oxygen atoms in total. The van der Waals surface area contributed by atoms with Gasteiger partial charge in [0.25, 0.3) is 0 Å². The van der Waals surface area contributed by atoms with Gasteiger partial charge in [-0.15, -0.1) is 0 Å². The van der Waals surface area contributed by atoms with Gasteiger partial charge in [-0.1, -0.05) is 30.3 Å². The Hall–Kier alpha value is -3.26. The third kappa shape index (κ3) is 3.27. The molecular weight excluding hydrogens is 330 g/mol. The van der Waals surface area contributed by atoms with Gasteiger partial charge in [-0.25, -0.2) is 4.98 Å². The number of nitrogens with one attached hydrogen (secondary N) is 2. The number of rotatable bonds is 6. The van der Waals surface area contributed by atoms with Crippen LogP contribution in [0.2, 0.25) is 0 Å². The summed E-state index contributed by atoms with van der Waals surface area (Å²) in [5, 5.41) is 24.6. The first-order valence-electron chi connectivity index (χ1n) is 8.39. The van der Waals surface area contributed by atoms with E-state index in [-0.39, 0.29) is 6.61 Å². The number of aromatic amines is 1. The Balaban J connectivity index is 1.67. The normalized spacial score (nSPS) is 11.2. The van der Waals surface area contributed by atoms with Crippen LogP contribution in [0.4, 0.5) is 11.6 Å². The second kappa shape index (κ2) is 6.93. The van der Waals surface area contributed by atoms with Crippen LogP contribution >= 0.6 is 0 Å². The summed E-state index contributed by atoms with van der Waals surface area (Å²) in [6.45, 7) is 2.39. The third-order valence-electron chi connectivity index (χ3n) is 4.13. The molecule has 0 aliphatic carbocycles. The fourth-order valence-corrected chi connectivity index (χ4v) is 2.85. The van der Waals surface area contributed by atoms with Gasteiger partial charge in [-0.05, 0) is 12.5 Å². The van der Waals surface area contributed by atoms with Crippen LogP contribution in [-0.2, 0) is 13.0 Å². The molecule has 0 amide bonds. The van der Waals surface area contributed by atoms with E-state index in [4.69, 9.17) is 10.1 Å². The van der Waals surface area contributed by atoms with Crippen molar-refractivity contribution in [2.75, 3.05) is 11.9 Å². The first-order chi connectivity index (χ1) is 12.7. The van der Waals surface area contributed by atoms with Crippen LogP contribution in [0.25, 0.3) is 11.0 Å². The van der Waals surface area contributed by atoms with Crippen molar-refractivity contribution in [3.05, 3.63) is 59.7 Å². The van der Waals surface area contributed by atoms with Gasteiger partial charge < -0.3 is 10.4 Å². The summed E-state index contributed by atoms with van der Waals surface area (Å²) in [5.74, 6) is 0.485. The summed E-state index contributed by atoms with van der Waals surface area (Å²) in [5.41, 5.74) is 4.39. The highest BCUT2D eigenvalue weighted by molar-refractivity contribution is 5.78. The van der Waals surface area contributed by atoms with Crippen LogP contribution in [0.15, 0.2) is 42.7 Å². The Bertz CT molecular complexity index is 1020. The van der Waals surface area contributed by atoms with Gasteiger partial charge in [0.2, 0.25) is 5.95 Å². The second-order valence-corrected chi connectivity index (χ2v) is 6.03. The van der Waals surface area contributed by atoms with Gasteiger partial charge in [0, 0.05) is 12.6 Å². The maximum atomic E-state index is 9.06. The first-order valence-corrected chi connectivity index (χ1v) is 8.39. The third-order valence-corrected chi connectivity index (χ3v) is 4.13. The average Bonchev–Trinajstić information content (AvgIpc) is 3.23. The maximum absolute atomic E-state index is 9.06. The van der Waals surface area contributed by atoms with E-state index in [0.29, 0.717) is 24.6 Å². The molecule has 132 valence electrons. The van der Waals surface area contributed by atoms with Crippen LogP contribution in [0.3, 0.4) is 0 Å². The quantitative estimate of drug-likeness (QED) is 0.493. The zero-order valence-corrected chi connectivity index (χ0v) is 14.3. The molecule has 8 heteroatoms. The summed E-state index contributed by atoms with van der Waals surface area (Å²) in [6.07, 6.45) is 4.28. The van der Waals surface area contributed by atoms with Gasteiger partial charge >= 0.3 is 0 Å². The van der Waals surface area contributed by atoms with Crippen molar-refractivity contribution in [2.24, 2.45) is 0 Å². The summed E-state index contributed by atoms with van der Waals surface area (Å²) in [7, 11) is 0. The minimum absolute atomic E-state index is 0.0401. The molecule has 0 saturated heterocycles. The van der Waals surface area contributed by atoms with E-state index < -0.39 is 0 Å². The van der Waals surface area contributed by atoms with Crippen LogP contribution in [-0.4, -0.2) is 41.7 Å². The number of aryl methyl sites for hydroxylation is 1. The van der Waals surface area contributed by atoms with Crippen molar-refractivity contribution in [1.82, 2.24) is 29.9 Å². The van der Waals surface area contributed by atoms with Crippen LogP contribution < -0.4 is 5.32 Å². The largest absolute Gasteiger partial charge is 0.394 e. The molecule has 3 aromatic heterocycles. The Morgan fingerprint density at radius 2 is 2.04 bits per heavy atom. The molecule has 0 bridgehead atoms. The predicted octanol–water partition coefficient (Wildman–Crippen LogP) is 2.18. The van der Waals surface area contributed by atoms with Crippen molar-refractivity contribution in [1.29, 1.82) is 0 Å². The SMILES string of the molecule is Cc1nn(CCO)cc1Nc1nc(Cc2ccccc2)c2cn[nH]c2n1. The molecule has 0 spiro atoms. The summed E-state index contributed by atoms with van der Waals surface area (Å²) in [4.78, 5) is 9.19.